The van der Waals surface area contributed by atoms with E-state index in [1.54, 1.807) is 20.8 Å². The van der Waals surface area contributed by atoms with Crippen LogP contribution < -0.4 is 5.32 Å². The van der Waals surface area contributed by atoms with Gasteiger partial charge in [0.05, 0.1) is 12.6 Å². The molecule has 1 amide bonds. The molecule has 1 unspecified atom stereocenters. The third kappa shape index (κ3) is 6.74. The number of aromatic nitrogens is 2. The standard InChI is InChI=1S/C16H23F2N3O5S/c1-6-24-12(22)16(17,18)11(25-14(27)21-8-7-19-9-21)10(2)20-13(23)26-15(3,4)5/h7-11H,6H2,1-5H3,(H,20,23)/t10-,11?/m0/s1. The topological polar surface area (TPSA) is 91.7 Å². The number of alkyl halides is 2. The lowest BCUT2D eigenvalue weighted by atomic mass is 10.1. The van der Waals surface area contributed by atoms with Crippen molar-refractivity contribution in [2.24, 2.45) is 0 Å². The molecule has 8 nitrogen and oxygen atoms in total. The molecule has 0 fully saturated rings. The zero-order chi connectivity index (χ0) is 20.8. The SMILES string of the molecule is CCOC(=O)C(F)(F)C(OC(=S)n1ccnc1)[C@H](C)NC(=O)OC(C)(C)C. The zero-order valence-corrected chi connectivity index (χ0v) is 16.5. The lowest BCUT2D eigenvalue weighted by Gasteiger charge is -2.31. The molecular weight excluding hydrogens is 384 g/mol. The van der Waals surface area contributed by atoms with Crippen LogP contribution in [0.2, 0.25) is 0 Å². The molecule has 0 aromatic carbocycles. The average molecular weight is 407 g/mol. The van der Waals surface area contributed by atoms with Crippen molar-refractivity contribution in [1.82, 2.24) is 14.9 Å². The van der Waals surface area contributed by atoms with E-state index < -0.39 is 35.7 Å². The van der Waals surface area contributed by atoms with Gasteiger partial charge >= 0.3 is 18.0 Å². The predicted octanol–water partition coefficient (Wildman–Crippen LogP) is 2.51. The molecule has 0 aliphatic rings. The molecule has 1 aromatic rings. The summed E-state index contributed by atoms with van der Waals surface area (Å²) in [5.41, 5.74) is -0.837. The number of rotatable bonds is 6. The highest BCUT2D eigenvalue weighted by molar-refractivity contribution is 7.80. The molecule has 27 heavy (non-hydrogen) atoms. The number of hydrogen-bond donors (Lipinski definition) is 1. The number of amides is 1. The maximum atomic E-state index is 14.6. The number of thiocarbonyl (C=S) groups is 1. The zero-order valence-electron chi connectivity index (χ0n) is 15.7. The second-order valence-corrected chi connectivity index (χ2v) is 6.90. The predicted molar refractivity (Wildman–Crippen MR) is 95.5 cm³/mol. The summed E-state index contributed by atoms with van der Waals surface area (Å²) in [6, 6.07) is -1.35. The molecule has 11 heteroatoms. The van der Waals surface area contributed by atoms with Crippen molar-refractivity contribution in [3.8, 4) is 0 Å². The highest BCUT2D eigenvalue weighted by Gasteiger charge is 2.54. The summed E-state index contributed by atoms with van der Waals surface area (Å²) in [6.45, 7) is 7.23. The van der Waals surface area contributed by atoms with Gasteiger partial charge in [0.15, 0.2) is 6.10 Å². The molecule has 0 spiro atoms. The number of carbonyl (C=O) groups is 2. The normalized spacial score (nSPS) is 14.0. The van der Waals surface area contributed by atoms with E-state index in [9.17, 15) is 18.4 Å². The van der Waals surface area contributed by atoms with E-state index in [0.29, 0.717) is 0 Å². The molecule has 0 aliphatic carbocycles. The number of nitrogens with one attached hydrogen (secondary N) is 1. The van der Waals surface area contributed by atoms with Crippen molar-refractivity contribution >= 4 is 29.5 Å². The molecule has 0 saturated carbocycles. The van der Waals surface area contributed by atoms with Crippen LogP contribution in [-0.4, -0.2) is 57.1 Å². The van der Waals surface area contributed by atoms with Gasteiger partial charge in [-0.1, -0.05) is 0 Å². The fourth-order valence-corrected chi connectivity index (χ4v) is 2.15. The Labute approximate surface area is 161 Å². The quantitative estimate of drug-likeness (QED) is 0.572. The van der Waals surface area contributed by atoms with Gasteiger partial charge < -0.3 is 19.5 Å². The van der Waals surface area contributed by atoms with Crippen molar-refractivity contribution < 1.29 is 32.6 Å². The van der Waals surface area contributed by atoms with Crippen LogP contribution in [0.4, 0.5) is 13.6 Å². The Balaban J connectivity index is 3.03. The van der Waals surface area contributed by atoms with E-state index in [2.05, 4.69) is 15.0 Å². The maximum absolute atomic E-state index is 14.6. The van der Waals surface area contributed by atoms with Gasteiger partial charge in [0, 0.05) is 12.4 Å². The lowest BCUT2D eigenvalue weighted by molar-refractivity contribution is -0.188. The van der Waals surface area contributed by atoms with Gasteiger partial charge in [-0.05, 0) is 46.8 Å². The second kappa shape index (κ2) is 9.07. The van der Waals surface area contributed by atoms with Crippen LogP contribution >= 0.6 is 12.2 Å². The first-order valence-electron chi connectivity index (χ1n) is 8.12. The van der Waals surface area contributed by atoms with Crippen LogP contribution in [-0.2, 0) is 19.0 Å². The van der Waals surface area contributed by atoms with E-state index >= 15 is 0 Å². The number of esters is 1. The number of ether oxygens (including phenoxy) is 3. The number of halogens is 2. The second-order valence-electron chi connectivity index (χ2n) is 6.55. The summed E-state index contributed by atoms with van der Waals surface area (Å²) in [7, 11) is 0. The van der Waals surface area contributed by atoms with Gasteiger partial charge in [-0.25, -0.2) is 14.6 Å². The van der Waals surface area contributed by atoms with E-state index in [0.717, 1.165) is 0 Å². The van der Waals surface area contributed by atoms with Crippen molar-refractivity contribution in [1.29, 1.82) is 0 Å². The highest BCUT2D eigenvalue weighted by atomic mass is 32.1. The molecule has 1 aromatic heterocycles. The lowest BCUT2D eigenvalue weighted by Crippen LogP contribution is -2.56. The van der Waals surface area contributed by atoms with Crippen molar-refractivity contribution in [2.75, 3.05) is 6.61 Å². The van der Waals surface area contributed by atoms with Gasteiger partial charge in [0.25, 0.3) is 5.17 Å². The molecule has 1 rings (SSSR count). The van der Waals surface area contributed by atoms with Crippen molar-refractivity contribution in [3.05, 3.63) is 18.7 Å². The number of imidazole rings is 1. The Morgan fingerprint density at radius 2 is 1.96 bits per heavy atom. The third-order valence-corrected chi connectivity index (χ3v) is 3.35. The molecule has 152 valence electrons. The van der Waals surface area contributed by atoms with E-state index in [1.165, 1.54) is 37.1 Å². The maximum Gasteiger partial charge on any atom is 0.407 e. The minimum absolute atomic E-state index is 0.249. The number of alkyl carbamates (subject to hydrolysis) is 1. The smallest absolute Gasteiger partial charge is 0.407 e. The molecule has 1 N–H and O–H groups in total. The molecular formula is C16H23F2N3O5S. The van der Waals surface area contributed by atoms with Gasteiger partial charge in [0.2, 0.25) is 0 Å². The van der Waals surface area contributed by atoms with Crippen LogP contribution in [0, 0.1) is 0 Å². The highest BCUT2D eigenvalue weighted by Crippen LogP contribution is 2.27. The first-order valence-corrected chi connectivity index (χ1v) is 8.52. The molecule has 0 aliphatic heterocycles. The first-order chi connectivity index (χ1) is 12.4. The molecule has 0 bridgehead atoms. The number of carbonyl (C=O) groups excluding carboxylic acids is 2. The van der Waals surface area contributed by atoms with Crippen LogP contribution in [0.25, 0.3) is 0 Å². The minimum atomic E-state index is -4.09. The van der Waals surface area contributed by atoms with Crippen LogP contribution in [0.15, 0.2) is 18.7 Å². The molecule has 2 atom stereocenters. The minimum Gasteiger partial charge on any atom is -0.461 e. The fraction of sp³-hybridized carbons (Fsp3) is 0.625. The summed E-state index contributed by atoms with van der Waals surface area (Å²) in [4.78, 5) is 27.4. The Bertz CT molecular complexity index is 662. The van der Waals surface area contributed by atoms with Crippen molar-refractivity contribution in [3.63, 3.8) is 0 Å². The monoisotopic (exact) mass is 407 g/mol. The van der Waals surface area contributed by atoms with E-state index in [-0.39, 0.29) is 11.8 Å². The Kier molecular flexibility index (Phi) is 7.64. The van der Waals surface area contributed by atoms with E-state index in [4.69, 9.17) is 21.7 Å². The number of nitrogens with zero attached hydrogens (tertiary/aromatic N) is 2. The molecule has 0 radical (unpaired) electrons. The van der Waals surface area contributed by atoms with Crippen LogP contribution in [0.5, 0.6) is 0 Å². The summed E-state index contributed by atoms with van der Waals surface area (Å²) >= 11 is 4.96. The summed E-state index contributed by atoms with van der Waals surface area (Å²) in [5, 5.41) is 1.86. The Morgan fingerprint density at radius 1 is 1.33 bits per heavy atom. The third-order valence-electron chi connectivity index (χ3n) is 3.05. The molecule has 1 heterocycles. The molecule has 0 saturated heterocycles. The van der Waals surface area contributed by atoms with Crippen LogP contribution in [0.1, 0.15) is 34.6 Å². The summed E-state index contributed by atoms with van der Waals surface area (Å²) in [6.07, 6.45) is 0.911. The summed E-state index contributed by atoms with van der Waals surface area (Å²) in [5.74, 6) is -5.88. The Morgan fingerprint density at radius 3 is 2.44 bits per heavy atom. The van der Waals surface area contributed by atoms with Crippen molar-refractivity contribution in [2.45, 2.75) is 58.3 Å². The largest absolute Gasteiger partial charge is 0.461 e. The average Bonchev–Trinajstić information content (AvgIpc) is 3.04. The van der Waals surface area contributed by atoms with Gasteiger partial charge in [-0.2, -0.15) is 8.78 Å². The number of hydrogen-bond acceptors (Lipinski definition) is 7. The van der Waals surface area contributed by atoms with Gasteiger partial charge in [0.1, 0.15) is 11.9 Å². The Hall–Kier alpha value is -2.30. The van der Waals surface area contributed by atoms with E-state index in [1.807, 2.05) is 0 Å². The first kappa shape index (κ1) is 22.7. The van der Waals surface area contributed by atoms with Gasteiger partial charge in [-0.3, -0.25) is 4.57 Å². The van der Waals surface area contributed by atoms with Crippen LogP contribution in [0.3, 0.4) is 0 Å². The summed E-state index contributed by atoms with van der Waals surface area (Å²) < 4.78 is 45.1. The fourth-order valence-electron chi connectivity index (χ4n) is 1.94. The van der Waals surface area contributed by atoms with Gasteiger partial charge in [-0.15, -0.1) is 0 Å².